The summed E-state index contributed by atoms with van der Waals surface area (Å²) in [5.41, 5.74) is 2.70. The number of allylic oxidation sites excluding steroid dienone is 4. The molecule has 2 aliphatic rings. The van der Waals surface area contributed by atoms with Gasteiger partial charge in [0, 0.05) is 0 Å². The van der Waals surface area contributed by atoms with Crippen molar-refractivity contribution >= 4 is 5.57 Å². The third kappa shape index (κ3) is 7.33. The van der Waals surface area contributed by atoms with Crippen LogP contribution in [0.3, 0.4) is 0 Å². The number of unbranched alkanes of at least 4 members (excludes halogenated alkanes) is 5. The molecular formula is C29H44O. The lowest BCUT2D eigenvalue weighted by Crippen LogP contribution is -2.21. The van der Waals surface area contributed by atoms with Gasteiger partial charge in [-0.2, -0.15) is 0 Å². The molecule has 0 aliphatic heterocycles. The molecule has 1 saturated carbocycles. The van der Waals surface area contributed by atoms with E-state index in [1.807, 2.05) is 0 Å². The van der Waals surface area contributed by atoms with Crippen LogP contribution >= 0.6 is 0 Å². The Morgan fingerprint density at radius 3 is 2.23 bits per heavy atom. The Morgan fingerprint density at radius 2 is 1.57 bits per heavy atom. The fourth-order valence-corrected chi connectivity index (χ4v) is 5.25. The van der Waals surface area contributed by atoms with Crippen LogP contribution in [0.2, 0.25) is 0 Å². The molecule has 30 heavy (non-hydrogen) atoms. The maximum absolute atomic E-state index is 5.85. The average Bonchev–Trinajstić information content (AvgIpc) is 2.81. The van der Waals surface area contributed by atoms with Crippen molar-refractivity contribution in [2.45, 2.75) is 97.3 Å². The van der Waals surface area contributed by atoms with Gasteiger partial charge in [-0.1, -0.05) is 102 Å². The van der Waals surface area contributed by atoms with Crippen molar-refractivity contribution < 1.29 is 4.74 Å². The molecule has 0 N–H and O–H groups in total. The molecule has 1 fully saturated rings. The molecule has 3 rings (SSSR count). The van der Waals surface area contributed by atoms with Gasteiger partial charge in [0.1, 0.15) is 5.75 Å². The SMILES string of the molecule is CCCCCCC1CCC(C2C=CC(c3ccc(OCCCCC)cc3)=CC2)CC1. The first-order valence-electron chi connectivity index (χ1n) is 12.9. The monoisotopic (exact) mass is 408 g/mol. The molecule has 1 heteroatoms. The number of benzene rings is 1. The Balaban J connectivity index is 1.40. The molecule has 0 spiro atoms. The Bertz CT molecular complexity index is 645. The summed E-state index contributed by atoms with van der Waals surface area (Å²) in [6.45, 7) is 5.37. The van der Waals surface area contributed by atoms with E-state index in [4.69, 9.17) is 4.74 Å². The lowest BCUT2D eigenvalue weighted by molar-refractivity contribution is 0.218. The molecule has 1 aromatic rings. The summed E-state index contributed by atoms with van der Waals surface area (Å²) in [6, 6.07) is 8.69. The van der Waals surface area contributed by atoms with E-state index in [0.29, 0.717) is 0 Å². The van der Waals surface area contributed by atoms with Crippen LogP contribution in [0.5, 0.6) is 5.75 Å². The van der Waals surface area contributed by atoms with Crippen LogP contribution in [0.1, 0.15) is 103 Å². The summed E-state index contributed by atoms with van der Waals surface area (Å²) >= 11 is 0. The molecule has 0 saturated heterocycles. The van der Waals surface area contributed by atoms with E-state index in [-0.39, 0.29) is 0 Å². The first-order valence-corrected chi connectivity index (χ1v) is 12.9. The highest BCUT2D eigenvalue weighted by molar-refractivity contribution is 5.75. The van der Waals surface area contributed by atoms with Crippen LogP contribution in [-0.4, -0.2) is 6.61 Å². The third-order valence-corrected chi connectivity index (χ3v) is 7.30. The van der Waals surface area contributed by atoms with E-state index in [1.54, 1.807) is 0 Å². The molecule has 1 aromatic carbocycles. The maximum Gasteiger partial charge on any atom is 0.119 e. The molecule has 166 valence electrons. The number of rotatable bonds is 12. The first-order chi connectivity index (χ1) is 14.8. The Morgan fingerprint density at radius 1 is 0.833 bits per heavy atom. The van der Waals surface area contributed by atoms with Crippen LogP contribution in [0.4, 0.5) is 0 Å². The van der Waals surface area contributed by atoms with E-state index in [2.05, 4.69) is 56.3 Å². The van der Waals surface area contributed by atoms with Crippen molar-refractivity contribution in [3.8, 4) is 5.75 Å². The van der Waals surface area contributed by atoms with Crippen molar-refractivity contribution in [3.63, 3.8) is 0 Å². The molecule has 0 aromatic heterocycles. The summed E-state index contributed by atoms with van der Waals surface area (Å²) in [4.78, 5) is 0. The second-order valence-corrected chi connectivity index (χ2v) is 9.63. The van der Waals surface area contributed by atoms with Gasteiger partial charge in [0.05, 0.1) is 6.61 Å². The van der Waals surface area contributed by atoms with E-state index in [1.165, 1.54) is 88.2 Å². The van der Waals surface area contributed by atoms with Crippen molar-refractivity contribution in [2.24, 2.45) is 17.8 Å². The van der Waals surface area contributed by atoms with Crippen molar-refractivity contribution in [3.05, 3.63) is 48.1 Å². The summed E-state index contributed by atoms with van der Waals surface area (Å²) in [5.74, 6) is 3.68. The molecule has 0 heterocycles. The van der Waals surface area contributed by atoms with Gasteiger partial charge >= 0.3 is 0 Å². The highest BCUT2D eigenvalue weighted by Crippen LogP contribution is 2.39. The number of ether oxygens (including phenoxy) is 1. The van der Waals surface area contributed by atoms with Crippen LogP contribution in [0, 0.1) is 17.8 Å². The Kier molecular flexibility index (Phi) is 10.1. The quantitative estimate of drug-likeness (QED) is 0.313. The van der Waals surface area contributed by atoms with E-state index in [9.17, 15) is 0 Å². The van der Waals surface area contributed by atoms with Gasteiger partial charge in [-0.25, -0.2) is 0 Å². The van der Waals surface area contributed by atoms with E-state index >= 15 is 0 Å². The van der Waals surface area contributed by atoms with Gasteiger partial charge in [-0.05, 0) is 66.7 Å². The van der Waals surface area contributed by atoms with Gasteiger partial charge in [-0.15, -0.1) is 0 Å². The second-order valence-electron chi connectivity index (χ2n) is 9.63. The first kappa shape index (κ1) is 23.2. The van der Waals surface area contributed by atoms with Crippen LogP contribution in [0.15, 0.2) is 42.5 Å². The minimum absolute atomic E-state index is 0.760. The van der Waals surface area contributed by atoms with E-state index < -0.39 is 0 Å². The van der Waals surface area contributed by atoms with Crippen LogP contribution in [0.25, 0.3) is 5.57 Å². The zero-order valence-corrected chi connectivity index (χ0v) is 19.6. The number of hydrogen-bond acceptors (Lipinski definition) is 1. The molecule has 2 aliphatic carbocycles. The maximum atomic E-state index is 5.85. The molecule has 0 radical (unpaired) electrons. The Labute approximate surface area is 186 Å². The Hall–Kier alpha value is -1.50. The number of hydrogen-bond donors (Lipinski definition) is 0. The zero-order valence-electron chi connectivity index (χ0n) is 19.6. The minimum Gasteiger partial charge on any atom is -0.494 e. The molecule has 0 amide bonds. The summed E-state index contributed by atoms with van der Waals surface area (Å²) < 4.78 is 5.85. The third-order valence-electron chi connectivity index (χ3n) is 7.30. The largest absolute Gasteiger partial charge is 0.494 e. The van der Waals surface area contributed by atoms with Crippen molar-refractivity contribution in [2.75, 3.05) is 6.61 Å². The smallest absolute Gasteiger partial charge is 0.119 e. The lowest BCUT2D eigenvalue weighted by Gasteiger charge is -2.33. The van der Waals surface area contributed by atoms with Crippen molar-refractivity contribution in [1.29, 1.82) is 0 Å². The predicted molar refractivity (Wildman–Crippen MR) is 131 cm³/mol. The van der Waals surface area contributed by atoms with Gasteiger partial charge in [0.15, 0.2) is 0 Å². The summed E-state index contributed by atoms with van der Waals surface area (Å²) in [7, 11) is 0. The van der Waals surface area contributed by atoms with Crippen LogP contribution in [-0.2, 0) is 0 Å². The van der Waals surface area contributed by atoms with Gasteiger partial charge in [0.25, 0.3) is 0 Å². The predicted octanol–water partition coefficient (Wildman–Crippen LogP) is 8.99. The topological polar surface area (TPSA) is 9.23 Å². The zero-order chi connectivity index (χ0) is 21.0. The van der Waals surface area contributed by atoms with Gasteiger partial charge < -0.3 is 4.74 Å². The van der Waals surface area contributed by atoms with Crippen LogP contribution < -0.4 is 4.74 Å². The molecule has 1 unspecified atom stereocenters. The average molecular weight is 409 g/mol. The molecular weight excluding hydrogens is 364 g/mol. The lowest BCUT2D eigenvalue weighted by atomic mass is 9.72. The van der Waals surface area contributed by atoms with Crippen molar-refractivity contribution in [1.82, 2.24) is 0 Å². The standard InChI is InChI=1S/C29H44O/c1-3-5-7-8-10-24-11-13-25(14-12-24)26-15-17-27(18-16-26)28-19-21-29(22-20-28)30-23-9-6-4-2/h15,17-22,24-26H,3-14,16,23H2,1-2H3. The highest BCUT2D eigenvalue weighted by atomic mass is 16.5. The second kappa shape index (κ2) is 13.0. The molecule has 1 nitrogen and oxygen atoms in total. The summed E-state index contributed by atoms with van der Waals surface area (Å²) in [6.07, 6.45) is 25.2. The fourth-order valence-electron chi connectivity index (χ4n) is 5.25. The summed E-state index contributed by atoms with van der Waals surface area (Å²) in [5, 5.41) is 0. The normalized spacial score (nSPS) is 23.9. The van der Waals surface area contributed by atoms with Gasteiger partial charge in [0.2, 0.25) is 0 Å². The van der Waals surface area contributed by atoms with E-state index in [0.717, 1.165) is 36.5 Å². The molecule has 1 atom stereocenters. The highest BCUT2D eigenvalue weighted by Gasteiger charge is 2.26. The molecule has 0 bridgehead atoms. The van der Waals surface area contributed by atoms with Gasteiger partial charge in [-0.3, -0.25) is 0 Å². The minimum atomic E-state index is 0.760. The fraction of sp³-hybridized carbons (Fsp3) is 0.655.